The van der Waals surface area contributed by atoms with E-state index in [1.54, 1.807) is 20.9 Å². The molecule has 3 amide bonds. The molecule has 0 spiro atoms. The summed E-state index contributed by atoms with van der Waals surface area (Å²) in [6, 6.07) is 9.60. The molecule has 1 aromatic carbocycles. The highest BCUT2D eigenvalue weighted by molar-refractivity contribution is 6.00. The van der Waals surface area contributed by atoms with Gasteiger partial charge < -0.3 is 14.7 Å². The molecule has 3 saturated heterocycles. The first-order valence-corrected chi connectivity index (χ1v) is 10.1. The van der Waals surface area contributed by atoms with Gasteiger partial charge in [0.1, 0.15) is 0 Å². The highest BCUT2D eigenvalue weighted by Gasteiger charge is 2.41. The normalized spacial score (nSPS) is 22.5. The van der Waals surface area contributed by atoms with E-state index in [9.17, 15) is 14.4 Å². The maximum absolute atomic E-state index is 12.8. The maximum Gasteiger partial charge on any atom is 0.228 e. The van der Waals surface area contributed by atoms with Crippen LogP contribution in [0.15, 0.2) is 42.7 Å². The predicted octanol–water partition coefficient (Wildman–Crippen LogP) is 1.45. The van der Waals surface area contributed by atoms with Crippen molar-refractivity contribution in [3.8, 4) is 0 Å². The van der Waals surface area contributed by atoms with Gasteiger partial charge in [-0.2, -0.15) is 5.10 Å². The van der Waals surface area contributed by atoms with Crippen LogP contribution in [0.4, 0.5) is 11.4 Å². The number of likely N-dealkylation sites (tertiary alicyclic amines) is 1. The quantitative estimate of drug-likeness (QED) is 0.788. The lowest BCUT2D eigenvalue weighted by Crippen LogP contribution is -2.53. The Morgan fingerprint density at radius 2 is 1.76 bits per heavy atom. The molecule has 0 aliphatic carbocycles. The van der Waals surface area contributed by atoms with Crippen molar-refractivity contribution in [3.05, 3.63) is 42.7 Å². The molecule has 3 aliphatic rings. The Bertz CT molecular complexity index is 950. The van der Waals surface area contributed by atoms with E-state index < -0.39 is 0 Å². The Balaban J connectivity index is 1.18. The molecule has 1 aromatic heterocycles. The van der Waals surface area contributed by atoms with Crippen LogP contribution in [0.3, 0.4) is 0 Å². The molecule has 4 heterocycles. The Morgan fingerprint density at radius 1 is 0.966 bits per heavy atom. The van der Waals surface area contributed by atoms with Gasteiger partial charge in [0, 0.05) is 50.9 Å². The van der Waals surface area contributed by atoms with Gasteiger partial charge in [0.15, 0.2) is 0 Å². The van der Waals surface area contributed by atoms with Gasteiger partial charge in [-0.05, 0) is 18.6 Å². The molecule has 8 heteroatoms. The molecule has 5 rings (SSSR count). The largest absolute Gasteiger partial charge is 0.338 e. The highest BCUT2D eigenvalue weighted by Crippen LogP contribution is 2.30. The Hall–Kier alpha value is -3.16. The van der Waals surface area contributed by atoms with Crippen molar-refractivity contribution in [1.82, 2.24) is 14.7 Å². The van der Waals surface area contributed by atoms with E-state index in [1.165, 1.54) is 0 Å². The lowest BCUT2D eigenvalue weighted by Gasteiger charge is -2.40. The fourth-order valence-electron chi connectivity index (χ4n) is 4.38. The van der Waals surface area contributed by atoms with E-state index in [2.05, 4.69) is 5.10 Å². The molecule has 8 nitrogen and oxygen atoms in total. The number of hydrogen-bond donors (Lipinski definition) is 0. The smallest absolute Gasteiger partial charge is 0.228 e. The second kappa shape index (κ2) is 7.02. The summed E-state index contributed by atoms with van der Waals surface area (Å²) in [5.41, 5.74) is 1.67. The standard InChI is InChI=1S/C21H23N5O3/c27-19-7-4-8-24(19)17-10-22-26(14-17)18-12-23(13-18)21(29)15-9-20(28)25(11-15)16-5-2-1-3-6-16/h1-3,5-6,10,14-15,18H,4,7-9,11-13H2. The van der Waals surface area contributed by atoms with Crippen LogP contribution >= 0.6 is 0 Å². The number of nitrogens with zero attached hydrogens (tertiary/aromatic N) is 5. The van der Waals surface area contributed by atoms with Crippen molar-refractivity contribution >= 4 is 29.1 Å². The molecule has 0 saturated carbocycles. The molecule has 3 fully saturated rings. The number of hydrogen-bond acceptors (Lipinski definition) is 4. The van der Waals surface area contributed by atoms with Crippen molar-refractivity contribution in [2.45, 2.75) is 25.3 Å². The molecule has 0 radical (unpaired) electrons. The topological polar surface area (TPSA) is 78.8 Å². The van der Waals surface area contributed by atoms with E-state index in [1.807, 2.05) is 41.2 Å². The van der Waals surface area contributed by atoms with Gasteiger partial charge in [-0.3, -0.25) is 19.1 Å². The number of aromatic nitrogens is 2. The number of anilines is 2. The van der Waals surface area contributed by atoms with E-state index in [0.29, 0.717) is 26.1 Å². The Labute approximate surface area is 168 Å². The van der Waals surface area contributed by atoms with Crippen LogP contribution in [0.5, 0.6) is 0 Å². The molecule has 150 valence electrons. The van der Waals surface area contributed by atoms with E-state index in [0.717, 1.165) is 24.3 Å². The third-order valence-corrected chi connectivity index (χ3v) is 6.06. The number of carbonyl (C=O) groups excluding carboxylic acids is 3. The van der Waals surface area contributed by atoms with Crippen molar-refractivity contribution in [2.24, 2.45) is 5.92 Å². The van der Waals surface area contributed by atoms with Crippen molar-refractivity contribution < 1.29 is 14.4 Å². The van der Waals surface area contributed by atoms with Gasteiger partial charge in [0.05, 0.1) is 23.8 Å². The minimum absolute atomic E-state index is 0.00128. The Kier molecular flexibility index (Phi) is 4.34. The summed E-state index contributed by atoms with van der Waals surface area (Å²) in [6.07, 6.45) is 5.36. The molecule has 0 bridgehead atoms. The number of rotatable bonds is 4. The average molecular weight is 393 g/mol. The first-order chi connectivity index (χ1) is 14.1. The van der Waals surface area contributed by atoms with E-state index >= 15 is 0 Å². The summed E-state index contributed by atoms with van der Waals surface area (Å²) < 4.78 is 1.85. The maximum atomic E-state index is 12.8. The third kappa shape index (κ3) is 3.18. The third-order valence-electron chi connectivity index (χ3n) is 6.06. The van der Waals surface area contributed by atoms with Gasteiger partial charge in [-0.25, -0.2) is 0 Å². The monoisotopic (exact) mass is 393 g/mol. The summed E-state index contributed by atoms with van der Waals surface area (Å²) >= 11 is 0. The fourth-order valence-corrected chi connectivity index (χ4v) is 4.38. The number of para-hydroxylation sites is 1. The van der Waals surface area contributed by atoms with E-state index in [-0.39, 0.29) is 36.1 Å². The van der Waals surface area contributed by atoms with Crippen LogP contribution in [0.2, 0.25) is 0 Å². The van der Waals surface area contributed by atoms with Crippen LogP contribution in [-0.2, 0) is 14.4 Å². The van der Waals surface area contributed by atoms with Crippen LogP contribution < -0.4 is 9.80 Å². The number of amides is 3. The van der Waals surface area contributed by atoms with E-state index in [4.69, 9.17) is 0 Å². The zero-order chi connectivity index (χ0) is 20.0. The van der Waals surface area contributed by atoms with Crippen molar-refractivity contribution in [2.75, 3.05) is 36.0 Å². The SMILES string of the molecule is O=C(C1CC(=O)N(c2ccccc2)C1)N1CC(n2cc(N3CCCC3=O)cn2)C1. The lowest BCUT2D eigenvalue weighted by molar-refractivity contribution is -0.141. The lowest BCUT2D eigenvalue weighted by atomic mass is 10.0. The van der Waals surface area contributed by atoms with Gasteiger partial charge in [-0.1, -0.05) is 18.2 Å². The number of benzene rings is 1. The second-order valence-corrected chi connectivity index (χ2v) is 7.97. The summed E-state index contributed by atoms with van der Waals surface area (Å²) in [7, 11) is 0. The molecule has 29 heavy (non-hydrogen) atoms. The van der Waals surface area contributed by atoms with Crippen LogP contribution in [0.25, 0.3) is 0 Å². The summed E-state index contributed by atoms with van der Waals surface area (Å²) in [4.78, 5) is 42.4. The summed E-state index contributed by atoms with van der Waals surface area (Å²) in [6.45, 7) is 2.35. The van der Waals surface area contributed by atoms with Gasteiger partial charge in [0.25, 0.3) is 0 Å². The van der Waals surface area contributed by atoms with Gasteiger partial charge >= 0.3 is 0 Å². The zero-order valence-corrected chi connectivity index (χ0v) is 16.1. The highest BCUT2D eigenvalue weighted by atomic mass is 16.2. The molecule has 1 atom stereocenters. The fraction of sp³-hybridized carbons (Fsp3) is 0.429. The molecular formula is C21H23N5O3. The summed E-state index contributed by atoms with van der Waals surface area (Å²) in [5.74, 6) is -0.114. The molecular weight excluding hydrogens is 370 g/mol. The molecule has 3 aliphatic heterocycles. The van der Waals surface area contributed by atoms with Crippen molar-refractivity contribution in [1.29, 1.82) is 0 Å². The number of carbonyl (C=O) groups is 3. The molecule has 1 unspecified atom stereocenters. The molecule has 0 N–H and O–H groups in total. The average Bonchev–Trinajstić information content (AvgIpc) is 3.41. The second-order valence-electron chi connectivity index (χ2n) is 7.97. The first kappa shape index (κ1) is 17.9. The van der Waals surface area contributed by atoms with Gasteiger partial charge in [-0.15, -0.1) is 0 Å². The first-order valence-electron chi connectivity index (χ1n) is 10.1. The van der Waals surface area contributed by atoms with Crippen LogP contribution in [0.1, 0.15) is 25.3 Å². The van der Waals surface area contributed by atoms with Gasteiger partial charge in [0.2, 0.25) is 17.7 Å². The minimum atomic E-state index is -0.293. The van der Waals surface area contributed by atoms with Crippen molar-refractivity contribution in [3.63, 3.8) is 0 Å². The summed E-state index contributed by atoms with van der Waals surface area (Å²) in [5, 5.41) is 4.39. The Morgan fingerprint density at radius 3 is 2.48 bits per heavy atom. The molecule has 2 aromatic rings. The van der Waals surface area contributed by atoms with Crippen LogP contribution in [-0.4, -0.2) is 58.6 Å². The minimum Gasteiger partial charge on any atom is -0.338 e. The van der Waals surface area contributed by atoms with Crippen LogP contribution in [0, 0.1) is 5.92 Å². The zero-order valence-electron chi connectivity index (χ0n) is 16.1. The predicted molar refractivity (Wildman–Crippen MR) is 106 cm³/mol.